The van der Waals surface area contributed by atoms with E-state index < -0.39 is 0 Å². The summed E-state index contributed by atoms with van der Waals surface area (Å²) in [6.45, 7) is 22.2. The van der Waals surface area contributed by atoms with E-state index in [-0.39, 0.29) is 0 Å². The summed E-state index contributed by atoms with van der Waals surface area (Å²) in [4.78, 5) is 0. The molecule has 0 nitrogen and oxygen atoms in total. The molecule has 0 spiro atoms. The van der Waals surface area contributed by atoms with Gasteiger partial charge in [-0.1, -0.05) is 48.5 Å². The van der Waals surface area contributed by atoms with Crippen molar-refractivity contribution >= 4 is 0 Å². The lowest BCUT2D eigenvalue weighted by atomic mass is 9.63. The van der Waals surface area contributed by atoms with E-state index in [1.165, 1.54) is 0 Å². The van der Waals surface area contributed by atoms with Crippen molar-refractivity contribution in [3.63, 3.8) is 0 Å². The zero-order valence-corrected chi connectivity index (χ0v) is 9.99. The van der Waals surface area contributed by atoms with Gasteiger partial charge < -0.3 is 0 Å². The van der Waals surface area contributed by atoms with Crippen LogP contribution in [0.2, 0.25) is 0 Å². The molecule has 0 aliphatic carbocycles. The lowest BCUT2D eigenvalue weighted by Gasteiger charge is -2.42. The predicted molar refractivity (Wildman–Crippen MR) is 59.3 cm³/mol. The standard InChI is InChI=1S/C10H22.C2H4/c1-8(2)10(6,7)9(3,4)5;1-2/h8H,1-7H3;1-2H2. The highest BCUT2D eigenvalue weighted by Gasteiger charge is 2.35. The van der Waals surface area contributed by atoms with Gasteiger partial charge in [0.05, 0.1) is 0 Å². The SMILES string of the molecule is C=C.CC(C)C(C)(C)C(C)(C)C. The molecule has 0 radical (unpaired) electrons. The third-order valence-electron chi connectivity index (χ3n) is 3.38. The van der Waals surface area contributed by atoms with E-state index in [1.807, 2.05) is 0 Å². The molecule has 0 N–H and O–H groups in total. The first-order valence-corrected chi connectivity index (χ1v) is 4.69. The topological polar surface area (TPSA) is 0 Å². The fraction of sp³-hybridized carbons (Fsp3) is 0.833. The van der Waals surface area contributed by atoms with E-state index in [4.69, 9.17) is 0 Å². The molecule has 0 unspecified atom stereocenters. The Bertz CT molecular complexity index is 112. The molecule has 0 aromatic carbocycles. The van der Waals surface area contributed by atoms with Gasteiger partial charge in [-0.05, 0) is 16.7 Å². The molecule has 0 aliphatic rings. The van der Waals surface area contributed by atoms with Gasteiger partial charge >= 0.3 is 0 Å². The average Bonchev–Trinajstić information content (AvgIpc) is 1.89. The molecule has 0 atom stereocenters. The fourth-order valence-corrected chi connectivity index (χ4v) is 0.866. The molecule has 12 heavy (non-hydrogen) atoms. The second kappa shape index (κ2) is 4.69. The van der Waals surface area contributed by atoms with Gasteiger partial charge in [-0.3, -0.25) is 0 Å². The molecule has 0 bridgehead atoms. The highest BCUT2D eigenvalue weighted by Crippen LogP contribution is 2.43. The van der Waals surface area contributed by atoms with Crippen molar-refractivity contribution in [2.45, 2.75) is 48.5 Å². The quantitative estimate of drug-likeness (QED) is 0.508. The zero-order valence-electron chi connectivity index (χ0n) is 9.99. The fourth-order valence-electron chi connectivity index (χ4n) is 0.866. The maximum Gasteiger partial charge on any atom is -0.0283 e. The summed E-state index contributed by atoms with van der Waals surface area (Å²) in [7, 11) is 0. The Labute approximate surface area is 79.1 Å². The molecule has 0 saturated heterocycles. The molecular weight excluding hydrogens is 144 g/mol. The van der Waals surface area contributed by atoms with Crippen LogP contribution >= 0.6 is 0 Å². The van der Waals surface area contributed by atoms with Crippen molar-refractivity contribution in [1.29, 1.82) is 0 Å². The molecule has 0 fully saturated rings. The predicted octanol–water partition coefficient (Wildman–Crippen LogP) is 4.52. The van der Waals surface area contributed by atoms with Crippen LogP contribution in [0.3, 0.4) is 0 Å². The van der Waals surface area contributed by atoms with Gasteiger partial charge in [0.1, 0.15) is 0 Å². The molecule has 0 heteroatoms. The molecule has 0 aromatic rings. The first kappa shape index (κ1) is 14.3. The van der Waals surface area contributed by atoms with Crippen LogP contribution in [0.1, 0.15) is 48.5 Å². The van der Waals surface area contributed by atoms with E-state index >= 15 is 0 Å². The van der Waals surface area contributed by atoms with Gasteiger partial charge in [0.25, 0.3) is 0 Å². The molecular formula is C12H26. The summed E-state index contributed by atoms with van der Waals surface area (Å²) < 4.78 is 0. The Hall–Kier alpha value is -0.260. The van der Waals surface area contributed by atoms with Crippen LogP contribution in [0.4, 0.5) is 0 Å². The lowest BCUT2D eigenvalue weighted by molar-refractivity contribution is 0.0737. The molecule has 0 aliphatic heterocycles. The highest BCUT2D eigenvalue weighted by molar-refractivity contribution is 4.84. The van der Waals surface area contributed by atoms with Crippen molar-refractivity contribution < 1.29 is 0 Å². The summed E-state index contributed by atoms with van der Waals surface area (Å²) in [5.74, 6) is 0.757. The van der Waals surface area contributed by atoms with Crippen LogP contribution in [0.15, 0.2) is 13.2 Å². The molecule has 0 heterocycles. The first-order chi connectivity index (χ1) is 5.19. The van der Waals surface area contributed by atoms with Crippen LogP contribution in [-0.2, 0) is 0 Å². The van der Waals surface area contributed by atoms with E-state index in [2.05, 4.69) is 61.6 Å². The maximum atomic E-state index is 3.00. The van der Waals surface area contributed by atoms with Gasteiger partial charge in [0.15, 0.2) is 0 Å². The van der Waals surface area contributed by atoms with Crippen LogP contribution < -0.4 is 0 Å². The summed E-state index contributed by atoms with van der Waals surface area (Å²) >= 11 is 0. The first-order valence-electron chi connectivity index (χ1n) is 4.69. The Morgan fingerprint density at radius 2 is 1.08 bits per heavy atom. The number of rotatable bonds is 1. The highest BCUT2D eigenvalue weighted by atomic mass is 14.4. The molecule has 0 saturated carbocycles. The van der Waals surface area contributed by atoms with Gasteiger partial charge in [0.2, 0.25) is 0 Å². The smallest absolute Gasteiger partial charge is 0.0283 e. The second-order valence-electron chi connectivity index (χ2n) is 5.13. The number of hydrogen-bond donors (Lipinski definition) is 0. The molecule has 74 valence electrons. The maximum absolute atomic E-state index is 3.00. The van der Waals surface area contributed by atoms with E-state index in [0.717, 1.165) is 5.92 Å². The summed E-state index contributed by atoms with van der Waals surface area (Å²) in [6.07, 6.45) is 0. The Kier molecular flexibility index (Phi) is 5.58. The zero-order chi connectivity index (χ0) is 10.6. The minimum Gasteiger partial charge on any atom is -0.106 e. The van der Waals surface area contributed by atoms with Gasteiger partial charge in [-0.2, -0.15) is 0 Å². The molecule has 0 aromatic heterocycles. The van der Waals surface area contributed by atoms with Crippen molar-refractivity contribution in [3.05, 3.63) is 13.2 Å². The normalized spacial score (nSPS) is 12.3. The number of hydrogen-bond acceptors (Lipinski definition) is 0. The van der Waals surface area contributed by atoms with Gasteiger partial charge in [0, 0.05) is 0 Å². The minimum absolute atomic E-state index is 0.418. The second-order valence-corrected chi connectivity index (χ2v) is 5.13. The Morgan fingerprint density at radius 3 is 1.08 bits per heavy atom. The van der Waals surface area contributed by atoms with Crippen LogP contribution in [0.5, 0.6) is 0 Å². The summed E-state index contributed by atoms with van der Waals surface area (Å²) in [5.41, 5.74) is 0.855. The van der Waals surface area contributed by atoms with Crippen LogP contribution in [0, 0.1) is 16.7 Å². The van der Waals surface area contributed by atoms with Crippen molar-refractivity contribution in [2.24, 2.45) is 16.7 Å². The van der Waals surface area contributed by atoms with Gasteiger partial charge in [-0.25, -0.2) is 0 Å². The Morgan fingerprint density at radius 1 is 0.833 bits per heavy atom. The van der Waals surface area contributed by atoms with Crippen molar-refractivity contribution in [1.82, 2.24) is 0 Å². The van der Waals surface area contributed by atoms with Crippen molar-refractivity contribution in [3.8, 4) is 0 Å². The molecule has 0 rings (SSSR count). The lowest BCUT2D eigenvalue weighted by Crippen LogP contribution is -2.34. The summed E-state index contributed by atoms with van der Waals surface area (Å²) in [5, 5.41) is 0. The third kappa shape index (κ3) is 3.42. The monoisotopic (exact) mass is 170 g/mol. The van der Waals surface area contributed by atoms with E-state index in [1.54, 1.807) is 0 Å². The summed E-state index contributed by atoms with van der Waals surface area (Å²) in [6, 6.07) is 0. The molecule has 0 amide bonds. The third-order valence-corrected chi connectivity index (χ3v) is 3.38. The van der Waals surface area contributed by atoms with Crippen molar-refractivity contribution in [2.75, 3.05) is 0 Å². The van der Waals surface area contributed by atoms with Crippen LogP contribution in [0.25, 0.3) is 0 Å². The average molecular weight is 170 g/mol. The minimum atomic E-state index is 0.418. The van der Waals surface area contributed by atoms with E-state index in [0.29, 0.717) is 10.8 Å². The van der Waals surface area contributed by atoms with Gasteiger partial charge in [-0.15, -0.1) is 13.2 Å². The van der Waals surface area contributed by atoms with E-state index in [9.17, 15) is 0 Å². The Balaban J connectivity index is 0. The largest absolute Gasteiger partial charge is 0.106 e. The van der Waals surface area contributed by atoms with Crippen LogP contribution in [-0.4, -0.2) is 0 Å².